The standard InChI is InChI=1S/C40H52FN5/c1-10-17-38(36-23-33(27-42-9)24-37(41)25-36)28(5)29(6)43-31(8)40-39(30(7)44-45-40)26-35(13-4)34(12-3)22-32(11-2)18-16-21-46-19-14-15-20-46/h10-13,17,22-26,42-44H,1-2,7-8,14-16,18-21,27H2,3-6,9H3/b29-28+,32-22+,34-12+,35-13+,38-17+,39-26+. The summed E-state index contributed by atoms with van der Waals surface area (Å²) in [6.45, 7) is 28.8. The minimum atomic E-state index is -0.280. The summed E-state index contributed by atoms with van der Waals surface area (Å²) in [6, 6.07) is 5.09. The average molecular weight is 622 g/mol. The third kappa shape index (κ3) is 9.87. The van der Waals surface area contributed by atoms with Gasteiger partial charge in [0, 0.05) is 17.5 Å². The minimum absolute atomic E-state index is 0.280. The largest absolute Gasteiger partial charge is 0.358 e. The molecule has 1 saturated heterocycles. The molecule has 6 heteroatoms. The van der Waals surface area contributed by atoms with Gasteiger partial charge in [-0.2, -0.15) is 5.10 Å². The van der Waals surface area contributed by atoms with Crippen molar-refractivity contribution in [2.45, 2.75) is 59.9 Å². The van der Waals surface area contributed by atoms with Gasteiger partial charge in [-0.05, 0) is 143 Å². The quantitative estimate of drug-likeness (QED) is 0.170. The molecule has 0 aliphatic carbocycles. The van der Waals surface area contributed by atoms with E-state index in [2.05, 4.69) is 83.3 Å². The van der Waals surface area contributed by atoms with Gasteiger partial charge in [0.15, 0.2) is 0 Å². The molecule has 1 aromatic heterocycles. The van der Waals surface area contributed by atoms with Crippen LogP contribution in [0.25, 0.3) is 23.9 Å². The number of hydrogen-bond acceptors (Lipinski definition) is 4. The molecule has 0 unspecified atom stereocenters. The summed E-state index contributed by atoms with van der Waals surface area (Å²) in [5.74, 6) is -0.280. The van der Waals surface area contributed by atoms with E-state index >= 15 is 0 Å². The van der Waals surface area contributed by atoms with E-state index < -0.39 is 0 Å². The Bertz CT molecular complexity index is 1670. The van der Waals surface area contributed by atoms with Crippen molar-refractivity contribution in [3.63, 3.8) is 0 Å². The van der Waals surface area contributed by atoms with Crippen molar-refractivity contribution in [2.24, 2.45) is 0 Å². The second kappa shape index (κ2) is 18.0. The van der Waals surface area contributed by atoms with E-state index in [0.717, 1.165) is 63.7 Å². The molecule has 3 rings (SSSR count). The highest BCUT2D eigenvalue weighted by Crippen LogP contribution is 2.27. The molecule has 3 N–H and O–H groups in total. The average Bonchev–Trinajstić information content (AvgIpc) is 3.69. The Hall–Kier alpha value is -4.26. The Kier molecular flexibility index (Phi) is 14.2. The molecule has 1 aliphatic heterocycles. The fourth-order valence-electron chi connectivity index (χ4n) is 5.79. The van der Waals surface area contributed by atoms with Crippen molar-refractivity contribution < 1.29 is 4.39 Å². The number of aromatic nitrogens is 2. The van der Waals surface area contributed by atoms with Crippen LogP contribution in [0.2, 0.25) is 0 Å². The fourth-order valence-corrected chi connectivity index (χ4v) is 5.79. The number of likely N-dealkylation sites (tertiary alicyclic amines) is 1. The Morgan fingerprint density at radius 3 is 2.43 bits per heavy atom. The number of hydrogen-bond donors (Lipinski definition) is 3. The lowest BCUT2D eigenvalue weighted by atomic mass is 9.95. The van der Waals surface area contributed by atoms with E-state index in [4.69, 9.17) is 0 Å². The first kappa shape index (κ1) is 36.2. The van der Waals surface area contributed by atoms with Crippen LogP contribution >= 0.6 is 0 Å². The second-order valence-electron chi connectivity index (χ2n) is 11.7. The number of H-pyrrole nitrogens is 1. The van der Waals surface area contributed by atoms with E-state index in [1.165, 1.54) is 31.5 Å². The van der Waals surface area contributed by atoms with Crippen molar-refractivity contribution in [3.8, 4) is 0 Å². The number of rotatable bonds is 16. The summed E-state index contributed by atoms with van der Waals surface area (Å²) in [5, 5.41) is 15.7. The lowest BCUT2D eigenvalue weighted by Gasteiger charge is -2.16. The van der Waals surface area contributed by atoms with Gasteiger partial charge in [-0.3, -0.25) is 5.10 Å². The predicted molar refractivity (Wildman–Crippen MR) is 196 cm³/mol. The van der Waals surface area contributed by atoms with E-state index in [0.29, 0.717) is 23.3 Å². The molecule has 244 valence electrons. The van der Waals surface area contributed by atoms with Gasteiger partial charge in [-0.15, -0.1) is 0 Å². The van der Waals surface area contributed by atoms with Gasteiger partial charge in [-0.25, -0.2) is 4.39 Å². The maximum atomic E-state index is 14.5. The van der Waals surface area contributed by atoms with Gasteiger partial charge in [0.05, 0.1) is 11.0 Å². The molecule has 0 amide bonds. The molecule has 0 radical (unpaired) electrons. The van der Waals surface area contributed by atoms with Gasteiger partial charge >= 0.3 is 0 Å². The summed E-state index contributed by atoms with van der Waals surface area (Å²) in [5.41, 5.74) is 9.04. The van der Waals surface area contributed by atoms with Crippen molar-refractivity contribution in [3.05, 3.63) is 136 Å². The second-order valence-corrected chi connectivity index (χ2v) is 11.7. The summed E-state index contributed by atoms with van der Waals surface area (Å²) in [4.78, 5) is 2.55. The molecule has 1 fully saturated rings. The number of aromatic amines is 1. The summed E-state index contributed by atoms with van der Waals surface area (Å²) < 4.78 is 14.5. The Morgan fingerprint density at radius 2 is 1.80 bits per heavy atom. The number of nitrogens with one attached hydrogen (secondary N) is 3. The third-order valence-corrected chi connectivity index (χ3v) is 8.40. The van der Waals surface area contributed by atoms with Crippen molar-refractivity contribution in [2.75, 3.05) is 26.7 Å². The van der Waals surface area contributed by atoms with E-state index in [9.17, 15) is 4.39 Å². The van der Waals surface area contributed by atoms with Crippen LogP contribution in [0.1, 0.15) is 70.2 Å². The van der Waals surface area contributed by atoms with Crippen LogP contribution in [0.15, 0.2) is 102 Å². The third-order valence-electron chi connectivity index (χ3n) is 8.40. The first-order chi connectivity index (χ1) is 22.1. The van der Waals surface area contributed by atoms with Gasteiger partial charge in [0.1, 0.15) is 11.5 Å². The molecule has 0 saturated carbocycles. The van der Waals surface area contributed by atoms with E-state index in [1.807, 2.05) is 46.0 Å². The highest BCUT2D eigenvalue weighted by Gasteiger charge is 2.14. The Balaban J connectivity index is 1.89. The zero-order valence-electron chi connectivity index (χ0n) is 28.5. The molecule has 2 aromatic rings. The molecule has 1 aromatic carbocycles. The lowest BCUT2D eigenvalue weighted by molar-refractivity contribution is 0.334. The highest BCUT2D eigenvalue weighted by molar-refractivity contribution is 5.81. The van der Waals surface area contributed by atoms with Gasteiger partial charge in [-0.1, -0.05) is 62.8 Å². The van der Waals surface area contributed by atoms with Gasteiger partial charge in [0.25, 0.3) is 0 Å². The van der Waals surface area contributed by atoms with Crippen LogP contribution in [-0.2, 0) is 6.54 Å². The number of allylic oxidation sites excluding steroid dienone is 12. The van der Waals surface area contributed by atoms with Crippen LogP contribution in [0.3, 0.4) is 0 Å². The first-order valence-corrected chi connectivity index (χ1v) is 16.2. The maximum absolute atomic E-state index is 14.5. The summed E-state index contributed by atoms with van der Waals surface area (Å²) >= 11 is 0. The smallest absolute Gasteiger partial charge is 0.124 e. The zero-order valence-corrected chi connectivity index (χ0v) is 28.5. The van der Waals surface area contributed by atoms with E-state index in [1.54, 1.807) is 18.2 Å². The van der Waals surface area contributed by atoms with Crippen LogP contribution in [0, 0.1) is 5.82 Å². The van der Waals surface area contributed by atoms with Crippen LogP contribution in [0.5, 0.6) is 0 Å². The summed E-state index contributed by atoms with van der Waals surface area (Å²) in [6.07, 6.45) is 18.9. The topological polar surface area (TPSA) is 56.0 Å². The zero-order chi connectivity index (χ0) is 33.6. The molecular weight excluding hydrogens is 569 g/mol. The maximum Gasteiger partial charge on any atom is 0.124 e. The molecular formula is C40H52FN5. The van der Waals surface area contributed by atoms with Gasteiger partial charge in [0.2, 0.25) is 0 Å². The number of halogens is 1. The molecule has 2 heterocycles. The van der Waals surface area contributed by atoms with E-state index in [-0.39, 0.29) is 5.82 Å². The van der Waals surface area contributed by atoms with Gasteiger partial charge < -0.3 is 15.5 Å². The SMILES string of the molecule is C=C/C=C(\C(C)=C(/C)NC(=C)c1n[nH]c(=C)\c1=C/C(=C\C)C(/C=C(\C=C)CCCN1CCCC1)=C/C)c1cc(F)cc(CNC)c1. The Labute approximate surface area is 275 Å². The molecule has 0 spiro atoms. The number of benzene rings is 1. The van der Waals surface area contributed by atoms with Crippen molar-refractivity contribution >= 4 is 23.9 Å². The van der Waals surface area contributed by atoms with Crippen LogP contribution in [0.4, 0.5) is 4.39 Å². The van der Waals surface area contributed by atoms with Crippen molar-refractivity contribution in [1.82, 2.24) is 25.7 Å². The van der Waals surface area contributed by atoms with Crippen molar-refractivity contribution in [1.29, 1.82) is 0 Å². The Morgan fingerprint density at radius 1 is 1.09 bits per heavy atom. The van der Waals surface area contributed by atoms with Crippen LogP contribution < -0.4 is 21.2 Å². The monoisotopic (exact) mass is 621 g/mol. The normalized spacial score (nSPS) is 16.1. The predicted octanol–water partition coefficient (Wildman–Crippen LogP) is 7.46. The fraction of sp³-hybridized carbons (Fsp3) is 0.325. The molecule has 46 heavy (non-hydrogen) atoms. The minimum Gasteiger partial charge on any atom is -0.358 e. The lowest BCUT2D eigenvalue weighted by Crippen LogP contribution is -2.26. The molecule has 0 atom stereocenters. The molecule has 0 bridgehead atoms. The molecule has 1 aliphatic rings. The number of nitrogens with zero attached hydrogens (tertiary/aromatic N) is 2. The highest BCUT2D eigenvalue weighted by atomic mass is 19.1. The molecule has 5 nitrogen and oxygen atoms in total. The summed E-state index contributed by atoms with van der Waals surface area (Å²) in [7, 11) is 1.85. The first-order valence-electron chi connectivity index (χ1n) is 16.2. The van der Waals surface area contributed by atoms with Crippen LogP contribution in [-0.4, -0.2) is 41.8 Å².